The van der Waals surface area contributed by atoms with Crippen molar-refractivity contribution in [1.82, 2.24) is 10.2 Å². The number of amides is 1. The summed E-state index contributed by atoms with van der Waals surface area (Å²) in [6.07, 6.45) is 2.47. The molecule has 0 unspecified atom stereocenters. The minimum absolute atomic E-state index is 0.0825. The summed E-state index contributed by atoms with van der Waals surface area (Å²) >= 11 is 0. The fraction of sp³-hybridized carbons (Fsp3) is 0.588. The fourth-order valence-corrected chi connectivity index (χ4v) is 3.40. The zero-order valence-corrected chi connectivity index (χ0v) is 12.4. The largest absolute Gasteiger partial charge is 0.348 e. The number of carbonyl (C=O) groups excluding carboxylic acids is 1. The van der Waals surface area contributed by atoms with Crippen LogP contribution in [0.3, 0.4) is 0 Å². The van der Waals surface area contributed by atoms with E-state index in [2.05, 4.69) is 36.2 Å². The molecule has 1 aromatic rings. The maximum atomic E-state index is 12.3. The molecule has 0 saturated carbocycles. The van der Waals surface area contributed by atoms with Gasteiger partial charge in [-0.2, -0.15) is 0 Å². The van der Waals surface area contributed by atoms with Crippen LogP contribution < -0.4 is 5.32 Å². The minimum Gasteiger partial charge on any atom is -0.348 e. The SMILES string of the molecule is CC(C)c1ccc(C(=O)N[C@H]2CN3CCC2CC3)cc1. The Bertz CT molecular complexity index is 472. The predicted octanol–water partition coefficient (Wildman–Crippen LogP) is 2.63. The van der Waals surface area contributed by atoms with Crippen molar-refractivity contribution in [3.63, 3.8) is 0 Å². The Morgan fingerprint density at radius 2 is 1.85 bits per heavy atom. The van der Waals surface area contributed by atoms with Crippen molar-refractivity contribution in [1.29, 1.82) is 0 Å². The van der Waals surface area contributed by atoms with Gasteiger partial charge in [-0.15, -0.1) is 0 Å². The van der Waals surface area contributed by atoms with Crippen molar-refractivity contribution in [3.05, 3.63) is 35.4 Å². The van der Waals surface area contributed by atoms with E-state index in [1.54, 1.807) is 0 Å². The van der Waals surface area contributed by atoms with E-state index < -0.39 is 0 Å². The second kappa shape index (κ2) is 5.57. The van der Waals surface area contributed by atoms with Crippen LogP contribution in [0.15, 0.2) is 24.3 Å². The van der Waals surface area contributed by atoms with Crippen molar-refractivity contribution in [2.24, 2.45) is 5.92 Å². The number of carbonyl (C=O) groups is 1. The van der Waals surface area contributed by atoms with E-state index in [4.69, 9.17) is 0 Å². The quantitative estimate of drug-likeness (QED) is 0.917. The molecule has 2 bridgehead atoms. The molecule has 3 nitrogen and oxygen atoms in total. The van der Waals surface area contributed by atoms with Gasteiger partial charge in [0.25, 0.3) is 5.91 Å². The average molecular weight is 272 g/mol. The number of nitrogens with zero attached hydrogens (tertiary/aromatic N) is 1. The molecule has 3 fully saturated rings. The molecule has 1 N–H and O–H groups in total. The van der Waals surface area contributed by atoms with Crippen LogP contribution in [0.25, 0.3) is 0 Å². The van der Waals surface area contributed by atoms with E-state index in [1.165, 1.54) is 31.5 Å². The zero-order chi connectivity index (χ0) is 14.1. The van der Waals surface area contributed by atoms with E-state index in [1.807, 2.05) is 12.1 Å². The predicted molar refractivity (Wildman–Crippen MR) is 80.9 cm³/mol. The van der Waals surface area contributed by atoms with Crippen LogP contribution in [-0.4, -0.2) is 36.5 Å². The lowest BCUT2D eigenvalue weighted by Crippen LogP contribution is -2.57. The first kappa shape index (κ1) is 13.6. The van der Waals surface area contributed by atoms with Gasteiger partial charge in [0, 0.05) is 18.2 Å². The Kier molecular flexibility index (Phi) is 3.79. The molecule has 3 saturated heterocycles. The van der Waals surface area contributed by atoms with E-state index in [0.717, 1.165) is 12.1 Å². The summed E-state index contributed by atoms with van der Waals surface area (Å²) in [4.78, 5) is 14.8. The average Bonchev–Trinajstić information content (AvgIpc) is 2.48. The zero-order valence-electron chi connectivity index (χ0n) is 12.4. The molecule has 0 radical (unpaired) electrons. The third-order valence-electron chi connectivity index (χ3n) is 4.81. The summed E-state index contributed by atoms with van der Waals surface area (Å²) in [6, 6.07) is 8.37. The molecule has 0 spiro atoms. The van der Waals surface area contributed by atoms with Crippen LogP contribution in [-0.2, 0) is 0 Å². The summed E-state index contributed by atoms with van der Waals surface area (Å²) in [6.45, 7) is 7.78. The molecule has 0 aliphatic carbocycles. The van der Waals surface area contributed by atoms with Gasteiger partial charge in [0.15, 0.2) is 0 Å². The fourth-order valence-electron chi connectivity index (χ4n) is 3.40. The van der Waals surface area contributed by atoms with Gasteiger partial charge in [-0.05, 0) is 55.5 Å². The summed E-state index contributed by atoms with van der Waals surface area (Å²) < 4.78 is 0. The van der Waals surface area contributed by atoms with Crippen LogP contribution in [0.2, 0.25) is 0 Å². The monoisotopic (exact) mass is 272 g/mol. The normalized spacial score (nSPS) is 28.6. The topological polar surface area (TPSA) is 32.3 Å². The highest BCUT2D eigenvalue weighted by Gasteiger charge is 2.34. The summed E-state index contributed by atoms with van der Waals surface area (Å²) in [5, 5.41) is 3.23. The maximum absolute atomic E-state index is 12.3. The van der Waals surface area contributed by atoms with Crippen molar-refractivity contribution < 1.29 is 4.79 Å². The van der Waals surface area contributed by atoms with Gasteiger partial charge in [0.2, 0.25) is 0 Å². The van der Waals surface area contributed by atoms with Gasteiger partial charge in [-0.3, -0.25) is 4.79 Å². The molecule has 1 atom stereocenters. The Balaban J connectivity index is 1.64. The number of fused-ring (bicyclic) bond motifs is 3. The number of rotatable bonds is 3. The Morgan fingerprint density at radius 1 is 1.20 bits per heavy atom. The smallest absolute Gasteiger partial charge is 0.251 e. The van der Waals surface area contributed by atoms with Gasteiger partial charge in [0.1, 0.15) is 0 Å². The van der Waals surface area contributed by atoms with Crippen molar-refractivity contribution in [3.8, 4) is 0 Å². The third-order valence-corrected chi connectivity index (χ3v) is 4.81. The molecule has 3 aliphatic rings. The summed E-state index contributed by atoms with van der Waals surface area (Å²) in [5.41, 5.74) is 2.07. The molecule has 3 aliphatic heterocycles. The van der Waals surface area contributed by atoms with E-state index >= 15 is 0 Å². The van der Waals surface area contributed by atoms with Gasteiger partial charge < -0.3 is 10.2 Å². The van der Waals surface area contributed by atoms with E-state index in [9.17, 15) is 4.79 Å². The minimum atomic E-state index is 0.0825. The molecular weight excluding hydrogens is 248 g/mol. The molecule has 108 valence electrons. The number of benzene rings is 1. The highest BCUT2D eigenvalue weighted by molar-refractivity contribution is 5.94. The van der Waals surface area contributed by atoms with Gasteiger partial charge >= 0.3 is 0 Å². The van der Waals surface area contributed by atoms with Crippen molar-refractivity contribution in [2.75, 3.05) is 19.6 Å². The molecule has 1 amide bonds. The highest BCUT2D eigenvalue weighted by Crippen LogP contribution is 2.27. The molecule has 4 rings (SSSR count). The standard InChI is InChI=1S/C17H24N2O/c1-12(2)13-3-5-15(6-4-13)17(20)18-16-11-19-9-7-14(16)8-10-19/h3-6,12,14,16H,7-11H2,1-2H3,(H,18,20)/t16-/m0/s1. The molecule has 3 heterocycles. The lowest BCUT2D eigenvalue weighted by Gasteiger charge is -2.44. The van der Waals surface area contributed by atoms with Crippen LogP contribution >= 0.6 is 0 Å². The lowest BCUT2D eigenvalue weighted by molar-refractivity contribution is 0.0620. The molecule has 3 heteroatoms. The molecule has 0 aromatic heterocycles. The molecule has 1 aromatic carbocycles. The van der Waals surface area contributed by atoms with Gasteiger partial charge in [-0.1, -0.05) is 26.0 Å². The summed E-state index contributed by atoms with van der Waals surface area (Å²) in [5.74, 6) is 1.27. The number of nitrogens with one attached hydrogen (secondary N) is 1. The van der Waals surface area contributed by atoms with Crippen LogP contribution in [0, 0.1) is 5.92 Å². The van der Waals surface area contributed by atoms with Crippen molar-refractivity contribution >= 4 is 5.91 Å². The second-order valence-corrected chi connectivity index (χ2v) is 6.49. The van der Waals surface area contributed by atoms with Crippen LogP contribution in [0.1, 0.15) is 48.5 Å². The van der Waals surface area contributed by atoms with Crippen LogP contribution in [0.4, 0.5) is 0 Å². The third kappa shape index (κ3) is 2.73. The first-order valence-electron chi connectivity index (χ1n) is 7.76. The number of hydrogen-bond acceptors (Lipinski definition) is 2. The Hall–Kier alpha value is -1.35. The van der Waals surface area contributed by atoms with Gasteiger partial charge in [-0.25, -0.2) is 0 Å². The molecule has 20 heavy (non-hydrogen) atoms. The number of piperidine rings is 3. The first-order chi connectivity index (χ1) is 9.63. The van der Waals surface area contributed by atoms with Crippen molar-refractivity contribution in [2.45, 2.75) is 38.6 Å². The first-order valence-corrected chi connectivity index (χ1v) is 7.76. The van der Waals surface area contributed by atoms with Gasteiger partial charge in [0.05, 0.1) is 0 Å². The molecular formula is C17H24N2O. The summed E-state index contributed by atoms with van der Waals surface area (Å²) in [7, 11) is 0. The van der Waals surface area contributed by atoms with E-state index in [0.29, 0.717) is 17.9 Å². The lowest BCUT2D eigenvalue weighted by atomic mass is 9.84. The number of hydrogen-bond donors (Lipinski definition) is 1. The van der Waals surface area contributed by atoms with E-state index in [-0.39, 0.29) is 5.91 Å². The van der Waals surface area contributed by atoms with Crippen LogP contribution in [0.5, 0.6) is 0 Å². The highest BCUT2D eigenvalue weighted by atomic mass is 16.1. The Labute approximate surface area is 121 Å². The Morgan fingerprint density at radius 3 is 2.35 bits per heavy atom. The second-order valence-electron chi connectivity index (χ2n) is 6.49. The maximum Gasteiger partial charge on any atom is 0.251 e.